The van der Waals surface area contributed by atoms with Gasteiger partial charge in [0.25, 0.3) is 0 Å². The molecular weight excluding hydrogens is 196 g/mol. The van der Waals surface area contributed by atoms with Crippen molar-refractivity contribution in [3.63, 3.8) is 0 Å². The Morgan fingerprint density at radius 3 is 2.13 bits per heavy atom. The summed E-state index contributed by atoms with van der Waals surface area (Å²) in [4.78, 5) is 0. The van der Waals surface area contributed by atoms with Gasteiger partial charge in [0.1, 0.15) is 11.6 Å². The van der Waals surface area contributed by atoms with Gasteiger partial charge in [-0.2, -0.15) is 0 Å². The van der Waals surface area contributed by atoms with Crippen molar-refractivity contribution in [3.8, 4) is 0 Å². The topological polar surface area (TPSA) is 12.0 Å². The quantitative estimate of drug-likeness (QED) is 0.801. The van der Waals surface area contributed by atoms with Gasteiger partial charge in [0.2, 0.25) is 0 Å². The maximum absolute atomic E-state index is 12.9. The van der Waals surface area contributed by atoms with Crippen LogP contribution in [0.4, 0.5) is 14.5 Å². The van der Waals surface area contributed by atoms with Crippen LogP contribution in [0.15, 0.2) is 18.2 Å². The van der Waals surface area contributed by atoms with Gasteiger partial charge in [0.15, 0.2) is 0 Å². The molecule has 1 aromatic carbocycles. The van der Waals surface area contributed by atoms with Crippen LogP contribution in [0.25, 0.3) is 0 Å². The van der Waals surface area contributed by atoms with E-state index in [4.69, 9.17) is 0 Å². The summed E-state index contributed by atoms with van der Waals surface area (Å²) in [6, 6.07) is 3.69. The van der Waals surface area contributed by atoms with Crippen molar-refractivity contribution in [2.45, 2.75) is 33.2 Å². The highest BCUT2D eigenvalue weighted by Gasteiger charge is 2.10. The van der Waals surface area contributed by atoms with Crippen molar-refractivity contribution in [2.75, 3.05) is 5.32 Å². The fourth-order valence-electron chi connectivity index (χ4n) is 1.40. The van der Waals surface area contributed by atoms with Gasteiger partial charge >= 0.3 is 0 Å². The second-order valence-corrected chi connectivity index (χ2v) is 3.98. The highest BCUT2D eigenvalue weighted by atomic mass is 19.1. The second-order valence-electron chi connectivity index (χ2n) is 3.98. The lowest BCUT2D eigenvalue weighted by atomic mass is 10.0. The van der Waals surface area contributed by atoms with E-state index < -0.39 is 11.6 Å². The molecule has 3 heteroatoms. The van der Waals surface area contributed by atoms with Crippen LogP contribution < -0.4 is 5.32 Å². The molecule has 0 saturated carbocycles. The van der Waals surface area contributed by atoms with Gasteiger partial charge in [-0.3, -0.25) is 0 Å². The van der Waals surface area contributed by atoms with E-state index in [-0.39, 0.29) is 6.04 Å². The molecule has 0 fully saturated rings. The minimum atomic E-state index is -0.547. The van der Waals surface area contributed by atoms with E-state index in [1.54, 1.807) is 0 Å². The standard InChI is InChI=1S/C12H17F2N/c1-4-8(2)9(3)15-12-6-10(13)5-11(14)7-12/h5-9,15H,4H2,1-3H3. The third-order valence-electron chi connectivity index (χ3n) is 2.75. The lowest BCUT2D eigenvalue weighted by Gasteiger charge is -2.21. The van der Waals surface area contributed by atoms with E-state index in [0.717, 1.165) is 12.5 Å². The minimum absolute atomic E-state index is 0.205. The first kappa shape index (κ1) is 12.0. The SMILES string of the molecule is CCC(C)C(C)Nc1cc(F)cc(F)c1. The summed E-state index contributed by atoms with van der Waals surface area (Å²) in [6.45, 7) is 6.21. The number of nitrogens with one attached hydrogen (secondary N) is 1. The van der Waals surface area contributed by atoms with E-state index in [1.165, 1.54) is 12.1 Å². The van der Waals surface area contributed by atoms with E-state index in [0.29, 0.717) is 11.6 Å². The highest BCUT2D eigenvalue weighted by molar-refractivity contribution is 5.44. The van der Waals surface area contributed by atoms with Gasteiger partial charge in [0.05, 0.1) is 0 Å². The minimum Gasteiger partial charge on any atom is -0.382 e. The number of anilines is 1. The van der Waals surface area contributed by atoms with Crippen molar-refractivity contribution in [3.05, 3.63) is 29.8 Å². The number of halogens is 2. The molecule has 0 aliphatic carbocycles. The molecule has 0 aliphatic heterocycles. The van der Waals surface area contributed by atoms with E-state index in [1.807, 2.05) is 6.92 Å². The molecule has 2 unspecified atom stereocenters. The Labute approximate surface area is 89.5 Å². The zero-order valence-electron chi connectivity index (χ0n) is 9.35. The number of rotatable bonds is 4. The first-order valence-electron chi connectivity index (χ1n) is 5.25. The molecule has 1 nitrogen and oxygen atoms in total. The Balaban J connectivity index is 2.72. The molecule has 0 aromatic heterocycles. The Kier molecular flexibility index (Phi) is 4.06. The first-order valence-corrected chi connectivity index (χ1v) is 5.25. The molecule has 0 saturated heterocycles. The summed E-state index contributed by atoms with van der Waals surface area (Å²) in [5.41, 5.74) is 0.500. The van der Waals surface area contributed by atoms with E-state index in [9.17, 15) is 8.78 Å². The lowest BCUT2D eigenvalue weighted by molar-refractivity contribution is 0.493. The van der Waals surface area contributed by atoms with E-state index in [2.05, 4.69) is 19.2 Å². The Morgan fingerprint density at radius 1 is 1.13 bits per heavy atom. The summed E-state index contributed by atoms with van der Waals surface area (Å²) in [5, 5.41) is 3.09. The largest absolute Gasteiger partial charge is 0.382 e. The zero-order valence-corrected chi connectivity index (χ0v) is 9.35. The predicted molar refractivity (Wildman–Crippen MR) is 58.9 cm³/mol. The number of hydrogen-bond donors (Lipinski definition) is 1. The third-order valence-corrected chi connectivity index (χ3v) is 2.75. The smallest absolute Gasteiger partial charge is 0.128 e. The first-order chi connectivity index (χ1) is 7.02. The van der Waals surface area contributed by atoms with Crippen molar-refractivity contribution in [1.29, 1.82) is 0 Å². The van der Waals surface area contributed by atoms with Gasteiger partial charge in [-0.15, -0.1) is 0 Å². The maximum atomic E-state index is 12.9. The molecule has 0 spiro atoms. The lowest BCUT2D eigenvalue weighted by Crippen LogP contribution is -2.23. The molecule has 1 aromatic rings. The Hall–Kier alpha value is -1.12. The van der Waals surface area contributed by atoms with Crippen LogP contribution in [0.3, 0.4) is 0 Å². The van der Waals surface area contributed by atoms with Crippen LogP contribution in [-0.2, 0) is 0 Å². The third kappa shape index (κ3) is 3.50. The summed E-state index contributed by atoms with van der Waals surface area (Å²) < 4.78 is 25.8. The fourth-order valence-corrected chi connectivity index (χ4v) is 1.40. The van der Waals surface area contributed by atoms with Crippen molar-refractivity contribution < 1.29 is 8.78 Å². The van der Waals surface area contributed by atoms with Crippen molar-refractivity contribution >= 4 is 5.69 Å². The monoisotopic (exact) mass is 213 g/mol. The number of benzene rings is 1. The molecule has 1 rings (SSSR count). The van der Waals surface area contributed by atoms with Crippen molar-refractivity contribution in [2.24, 2.45) is 5.92 Å². The average molecular weight is 213 g/mol. The summed E-state index contributed by atoms with van der Waals surface area (Å²) >= 11 is 0. The Morgan fingerprint density at radius 2 is 1.67 bits per heavy atom. The molecule has 15 heavy (non-hydrogen) atoms. The molecule has 1 N–H and O–H groups in total. The fraction of sp³-hybridized carbons (Fsp3) is 0.500. The normalized spacial score (nSPS) is 14.7. The summed E-state index contributed by atoms with van der Waals surface area (Å²) in [6.07, 6.45) is 1.03. The molecule has 2 atom stereocenters. The van der Waals surface area contributed by atoms with Gasteiger partial charge < -0.3 is 5.32 Å². The summed E-state index contributed by atoms with van der Waals surface area (Å²) in [7, 11) is 0. The van der Waals surface area contributed by atoms with Crippen LogP contribution >= 0.6 is 0 Å². The van der Waals surface area contributed by atoms with Crippen LogP contribution in [0.1, 0.15) is 27.2 Å². The van der Waals surface area contributed by atoms with Crippen molar-refractivity contribution in [1.82, 2.24) is 0 Å². The number of hydrogen-bond acceptors (Lipinski definition) is 1. The van der Waals surface area contributed by atoms with Crippen LogP contribution in [0.5, 0.6) is 0 Å². The molecular formula is C12H17F2N. The van der Waals surface area contributed by atoms with Crippen LogP contribution in [0.2, 0.25) is 0 Å². The second kappa shape index (κ2) is 5.10. The molecule has 0 radical (unpaired) electrons. The van der Waals surface area contributed by atoms with Gasteiger partial charge in [0, 0.05) is 17.8 Å². The maximum Gasteiger partial charge on any atom is 0.128 e. The molecule has 0 heterocycles. The van der Waals surface area contributed by atoms with Crippen LogP contribution in [0, 0.1) is 17.6 Å². The molecule has 0 amide bonds. The average Bonchev–Trinajstić information content (AvgIpc) is 2.14. The van der Waals surface area contributed by atoms with Gasteiger partial charge in [-0.1, -0.05) is 20.3 Å². The molecule has 0 aliphatic rings. The van der Waals surface area contributed by atoms with E-state index >= 15 is 0 Å². The summed E-state index contributed by atoms with van der Waals surface area (Å²) in [5.74, 6) is -0.626. The predicted octanol–water partition coefficient (Wildman–Crippen LogP) is 3.81. The highest BCUT2D eigenvalue weighted by Crippen LogP contribution is 2.17. The van der Waals surface area contributed by atoms with Gasteiger partial charge in [-0.25, -0.2) is 8.78 Å². The van der Waals surface area contributed by atoms with Crippen LogP contribution in [-0.4, -0.2) is 6.04 Å². The zero-order chi connectivity index (χ0) is 11.4. The molecule has 0 bridgehead atoms. The molecule has 84 valence electrons. The Bertz CT molecular complexity index is 305. The van der Waals surface area contributed by atoms with Gasteiger partial charge in [-0.05, 0) is 25.0 Å².